The molecule has 0 spiro atoms. The average Bonchev–Trinajstić information content (AvgIpc) is 3.40. The minimum absolute atomic E-state index is 0.151. The Kier molecular flexibility index (Phi) is 8.61. The van der Waals surface area contributed by atoms with Crippen molar-refractivity contribution in [2.45, 2.75) is 32.3 Å². The first-order valence-electron chi connectivity index (χ1n) is 14.9. The first kappa shape index (κ1) is 29.4. The summed E-state index contributed by atoms with van der Waals surface area (Å²) in [6.07, 6.45) is 7.80. The van der Waals surface area contributed by atoms with E-state index in [2.05, 4.69) is 5.32 Å². The molecule has 1 amide bonds. The molecule has 226 valence electrons. The number of carbonyl (C=O) groups is 2. The number of amides is 1. The average molecular weight is 595 g/mol. The number of anilines is 2. The molecule has 2 heterocycles. The molecule has 8 heteroatoms. The number of rotatable bonds is 8. The van der Waals surface area contributed by atoms with Crippen molar-refractivity contribution in [3.63, 3.8) is 0 Å². The molecule has 1 aliphatic heterocycles. The molecule has 44 heavy (non-hydrogen) atoms. The van der Waals surface area contributed by atoms with Crippen molar-refractivity contribution < 1.29 is 27.9 Å². The second kappa shape index (κ2) is 12.9. The molecule has 0 bridgehead atoms. The van der Waals surface area contributed by atoms with Gasteiger partial charge in [0.25, 0.3) is 5.91 Å². The van der Waals surface area contributed by atoms with Crippen LogP contribution in [0.15, 0.2) is 94.9 Å². The number of fused-ring (bicyclic) bond motifs is 1. The fourth-order valence-corrected chi connectivity index (χ4v) is 5.90. The van der Waals surface area contributed by atoms with Crippen molar-refractivity contribution in [3.05, 3.63) is 108 Å². The van der Waals surface area contributed by atoms with Crippen LogP contribution >= 0.6 is 0 Å². The summed E-state index contributed by atoms with van der Waals surface area (Å²) in [6.45, 7) is 3.84. The number of halogens is 1. The number of hydrogen-bond donors (Lipinski definition) is 1. The number of aryl methyl sites for hydroxylation is 1. The fraction of sp³-hybridized carbons (Fsp3) is 0.278. The van der Waals surface area contributed by atoms with Gasteiger partial charge in [-0.25, -0.2) is 9.18 Å². The van der Waals surface area contributed by atoms with Gasteiger partial charge in [-0.1, -0.05) is 48.6 Å². The minimum Gasteiger partial charge on any atom is -0.465 e. The molecule has 1 unspecified atom stereocenters. The number of carbonyl (C=O) groups excluding carboxylic acids is 2. The number of esters is 1. The Morgan fingerprint density at radius 2 is 1.82 bits per heavy atom. The molecule has 1 N–H and O–H groups in total. The van der Waals surface area contributed by atoms with Crippen molar-refractivity contribution in [1.82, 2.24) is 0 Å². The molecular formula is C36H35FN2O5. The number of benzene rings is 3. The monoisotopic (exact) mass is 594 g/mol. The van der Waals surface area contributed by atoms with Crippen LogP contribution in [-0.2, 0) is 14.3 Å². The predicted molar refractivity (Wildman–Crippen MR) is 169 cm³/mol. The van der Waals surface area contributed by atoms with E-state index in [1.54, 1.807) is 18.2 Å². The van der Waals surface area contributed by atoms with Crippen molar-refractivity contribution in [2.75, 3.05) is 37.0 Å². The van der Waals surface area contributed by atoms with Crippen LogP contribution in [0.5, 0.6) is 0 Å². The Bertz CT molecular complexity index is 1730. The number of ether oxygens (including phenoxy) is 2. The summed E-state index contributed by atoms with van der Waals surface area (Å²) < 4.78 is 32.1. The van der Waals surface area contributed by atoms with E-state index in [-0.39, 0.29) is 23.7 Å². The standard InChI is InChI=1S/C36H35FN2O5/c1-23-30-20-26(25-7-4-3-5-8-25)11-14-33(30)44-34(23)35(40)38-28-12-13-32(31(37)21-28)39-17-15-24(16-18-39)22-43-29-10-6-9-27(19-29)36(41)42-2/h3-9,11-14,19-21,24,29H,10,15-18,22H2,1-2H3,(H,38,40). The van der Waals surface area contributed by atoms with E-state index in [1.807, 2.05) is 72.5 Å². The molecule has 0 saturated carbocycles. The molecule has 4 aromatic rings. The van der Waals surface area contributed by atoms with E-state index in [9.17, 15) is 9.59 Å². The van der Waals surface area contributed by atoms with Gasteiger partial charge >= 0.3 is 5.97 Å². The lowest BCUT2D eigenvalue weighted by Crippen LogP contribution is -2.36. The number of furan rings is 1. The van der Waals surface area contributed by atoms with Crippen LogP contribution in [0.3, 0.4) is 0 Å². The fourth-order valence-electron chi connectivity index (χ4n) is 5.90. The lowest BCUT2D eigenvalue weighted by Gasteiger charge is -2.34. The van der Waals surface area contributed by atoms with Gasteiger partial charge in [0.05, 0.1) is 31.1 Å². The summed E-state index contributed by atoms with van der Waals surface area (Å²) in [5.41, 5.74) is 4.87. The Balaban J connectivity index is 1.05. The number of nitrogens with zero attached hydrogens (tertiary/aromatic N) is 1. The summed E-state index contributed by atoms with van der Waals surface area (Å²) in [5.74, 6) is -0.613. The minimum atomic E-state index is -0.421. The largest absolute Gasteiger partial charge is 0.465 e. The molecule has 7 nitrogen and oxygen atoms in total. The van der Waals surface area contributed by atoms with E-state index in [1.165, 1.54) is 13.2 Å². The van der Waals surface area contributed by atoms with Gasteiger partial charge in [-0.05, 0) is 79.6 Å². The number of piperidine rings is 1. The van der Waals surface area contributed by atoms with Crippen molar-refractivity contribution in [1.29, 1.82) is 0 Å². The first-order valence-corrected chi connectivity index (χ1v) is 14.9. The summed E-state index contributed by atoms with van der Waals surface area (Å²) in [6, 6.07) is 20.7. The third-order valence-electron chi connectivity index (χ3n) is 8.41. The van der Waals surface area contributed by atoms with Crippen LogP contribution in [-0.4, -0.2) is 44.8 Å². The molecule has 1 fully saturated rings. The second-order valence-electron chi connectivity index (χ2n) is 11.3. The maximum absolute atomic E-state index is 15.3. The van der Waals surface area contributed by atoms with Crippen LogP contribution in [0.25, 0.3) is 22.1 Å². The van der Waals surface area contributed by atoms with Gasteiger partial charge < -0.3 is 24.1 Å². The van der Waals surface area contributed by atoms with Crippen molar-refractivity contribution in [3.8, 4) is 11.1 Å². The third kappa shape index (κ3) is 6.31. The van der Waals surface area contributed by atoms with Crippen molar-refractivity contribution >= 4 is 34.2 Å². The lowest BCUT2D eigenvalue weighted by atomic mass is 9.97. The maximum Gasteiger partial charge on any atom is 0.337 e. The van der Waals surface area contributed by atoms with Gasteiger partial charge in [0.2, 0.25) is 0 Å². The summed E-state index contributed by atoms with van der Waals surface area (Å²) in [5, 5.41) is 3.67. The molecule has 0 radical (unpaired) electrons. The van der Waals surface area contributed by atoms with Crippen LogP contribution in [0.1, 0.15) is 35.4 Å². The molecular weight excluding hydrogens is 559 g/mol. The highest BCUT2D eigenvalue weighted by Gasteiger charge is 2.24. The first-order chi connectivity index (χ1) is 21.4. The van der Waals surface area contributed by atoms with E-state index in [4.69, 9.17) is 13.9 Å². The Hall–Kier alpha value is -4.69. The van der Waals surface area contributed by atoms with Gasteiger partial charge in [-0.3, -0.25) is 4.79 Å². The van der Waals surface area contributed by atoms with Gasteiger partial charge in [-0.2, -0.15) is 0 Å². The zero-order valence-electron chi connectivity index (χ0n) is 24.8. The molecule has 1 atom stereocenters. The van der Waals surface area contributed by atoms with Crippen LogP contribution < -0.4 is 10.2 Å². The zero-order chi connectivity index (χ0) is 30.6. The zero-order valence-corrected chi connectivity index (χ0v) is 24.8. The van der Waals surface area contributed by atoms with Crippen molar-refractivity contribution in [2.24, 2.45) is 5.92 Å². The van der Waals surface area contributed by atoms with E-state index in [0.717, 1.165) is 41.3 Å². The van der Waals surface area contributed by atoms with Gasteiger partial charge in [0.15, 0.2) is 5.76 Å². The van der Waals surface area contributed by atoms with Crippen LogP contribution in [0.4, 0.5) is 15.8 Å². The molecule has 1 saturated heterocycles. The van der Waals surface area contributed by atoms with Gasteiger partial charge in [0.1, 0.15) is 11.4 Å². The lowest BCUT2D eigenvalue weighted by molar-refractivity contribution is -0.135. The van der Waals surface area contributed by atoms with Gasteiger partial charge in [0, 0.05) is 29.7 Å². The highest BCUT2D eigenvalue weighted by atomic mass is 19.1. The number of nitrogens with one attached hydrogen (secondary N) is 1. The summed E-state index contributed by atoms with van der Waals surface area (Å²) in [7, 11) is 1.37. The quantitative estimate of drug-likeness (QED) is 0.213. The summed E-state index contributed by atoms with van der Waals surface area (Å²) in [4.78, 5) is 27.0. The number of methoxy groups -OCH3 is 1. The second-order valence-corrected chi connectivity index (χ2v) is 11.3. The predicted octanol–water partition coefficient (Wildman–Crippen LogP) is 7.46. The summed E-state index contributed by atoms with van der Waals surface area (Å²) >= 11 is 0. The Morgan fingerprint density at radius 3 is 2.57 bits per heavy atom. The topological polar surface area (TPSA) is 81.0 Å². The molecule has 1 aliphatic carbocycles. The highest BCUT2D eigenvalue weighted by molar-refractivity contribution is 6.07. The highest BCUT2D eigenvalue weighted by Crippen LogP contribution is 2.32. The van der Waals surface area contributed by atoms with Crippen LogP contribution in [0.2, 0.25) is 0 Å². The molecule has 3 aromatic carbocycles. The molecule has 6 rings (SSSR count). The van der Waals surface area contributed by atoms with E-state index < -0.39 is 5.91 Å². The van der Waals surface area contributed by atoms with Gasteiger partial charge in [-0.15, -0.1) is 0 Å². The third-order valence-corrected chi connectivity index (χ3v) is 8.41. The SMILES string of the molecule is COC(=O)C1=CC(OCC2CCN(c3ccc(NC(=O)c4oc5ccc(-c6ccccc6)cc5c4C)cc3F)CC2)CC=C1. The number of hydrogen-bond acceptors (Lipinski definition) is 6. The molecule has 2 aliphatic rings. The normalized spacial score (nSPS) is 17.0. The Labute approximate surface area is 255 Å². The Morgan fingerprint density at radius 1 is 1.02 bits per heavy atom. The van der Waals surface area contributed by atoms with Crippen LogP contribution in [0, 0.1) is 18.7 Å². The molecule has 1 aromatic heterocycles. The van der Waals surface area contributed by atoms with E-state index >= 15 is 4.39 Å². The maximum atomic E-state index is 15.3. The van der Waals surface area contributed by atoms with E-state index in [0.29, 0.717) is 48.1 Å². The smallest absolute Gasteiger partial charge is 0.337 e.